The minimum absolute atomic E-state index is 0.0104. The molecule has 0 bridgehead atoms. The normalized spacial score (nSPS) is 11.9. The number of rotatable bonds is 11. The molecule has 0 saturated heterocycles. The molecule has 0 saturated carbocycles. The average molecular weight is 590 g/mol. The number of hydrogen-bond donors (Lipinski definition) is 1. The number of amides is 2. The third kappa shape index (κ3) is 7.34. The van der Waals surface area contributed by atoms with Crippen molar-refractivity contribution in [3.8, 4) is 0 Å². The second-order valence-electron chi connectivity index (χ2n) is 9.60. The molecule has 2 amide bonds. The van der Waals surface area contributed by atoms with Crippen molar-refractivity contribution in [2.24, 2.45) is 0 Å². The molecule has 1 N–H and O–H groups in total. The zero-order valence-electron chi connectivity index (χ0n) is 22.9. The SMILES string of the molecule is CNC(=O)C(Cc1ccccc1)N(Cc1ccccc1Cl)C(=O)CN(c1cccc(C)c1)S(=O)(=O)c1ccccc1. The highest BCUT2D eigenvalue weighted by Crippen LogP contribution is 2.26. The quantitative estimate of drug-likeness (QED) is 0.260. The number of nitrogens with zero attached hydrogens (tertiary/aromatic N) is 2. The lowest BCUT2D eigenvalue weighted by atomic mass is 10.0. The van der Waals surface area contributed by atoms with Crippen LogP contribution in [0.25, 0.3) is 0 Å². The molecule has 0 radical (unpaired) electrons. The molecule has 4 aromatic carbocycles. The van der Waals surface area contributed by atoms with Crippen LogP contribution in [0.3, 0.4) is 0 Å². The van der Waals surface area contributed by atoms with E-state index in [0.29, 0.717) is 16.3 Å². The van der Waals surface area contributed by atoms with E-state index in [0.717, 1.165) is 15.4 Å². The van der Waals surface area contributed by atoms with E-state index in [1.54, 1.807) is 60.7 Å². The van der Waals surface area contributed by atoms with Gasteiger partial charge in [-0.25, -0.2) is 8.42 Å². The van der Waals surface area contributed by atoms with Crippen molar-refractivity contribution in [1.82, 2.24) is 10.2 Å². The second kappa shape index (κ2) is 13.5. The second-order valence-corrected chi connectivity index (χ2v) is 11.9. The highest BCUT2D eigenvalue weighted by Gasteiger charge is 2.34. The maximum Gasteiger partial charge on any atom is 0.264 e. The summed E-state index contributed by atoms with van der Waals surface area (Å²) >= 11 is 6.48. The van der Waals surface area contributed by atoms with E-state index >= 15 is 0 Å². The number of likely N-dealkylation sites (N-methyl/N-ethyl adjacent to an activating group) is 1. The lowest BCUT2D eigenvalue weighted by Crippen LogP contribution is -2.53. The van der Waals surface area contributed by atoms with Crippen LogP contribution in [-0.4, -0.2) is 44.8 Å². The predicted octanol–water partition coefficient (Wildman–Crippen LogP) is 5.23. The minimum atomic E-state index is -4.13. The van der Waals surface area contributed by atoms with Gasteiger partial charge in [-0.15, -0.1) is 0 Å². The van der Waals surface area contributed by atoms with E-state index in [-0.39, 0.29) is 23.8 Å². The number of carbonyl (C=O) groups excluding carboxylic acids is 2. The zero-order valence-corrected chi connectivity index (χ0v) is 24.5. The van der Waals surface area contributed by atoms with Crippen molar-refractivity contribution >= 4 is 39.1 Å². The molecule has 0 aliphatic heterocycles. The number of benzene rings is 4. The van der Waals surface area contributed by atoms with Gasteiger partial charge in [-0.2, -0.15) is 0 Å². The molecular formula is C32H32ClN3O4S. The highest BCUT2D eigenvalue weighted by molar-refractivity contribution is 7.92. The molecule has 0 aromatic heterocycles. The predicted molar refractivity (Wildman–Crippen MR) is 162 cm³/mol. The Labute approximate surface area is 246 Å². The molecule has 1 unspecified atom stereocenters. The molecule has 4 aromatic rings. The number of nitrogens with one attached hydrogen (secondary N) is 1. The molecule has 212 valence electrons. The Kier molecular flexibility index (Phi) is 9.81. The van der Waals surface area contributed by atoms with Crippen molar-refractivity contribution in [2.75, 3.05) is 17.9 Å². The maximum absolute atomic E-state index is 14.3. The van der Waals surface area contributed by atoms with Crippen molar-refractivity contribution < 1.29 is 18.0 Å². The fourth-order valence-corrected chi connectivity index (χ4v) is 6.18. The van der Waals surface area contributed by atoms with E-state index in [1.165, 1.54) is 24.1 Å². The van der Waals surface area contributed by atoms with Gasteiger partial charge in [0.25, 0.3) is 10.0 Å². The molecule has 0 fully saturated rings. The lowest BCUT2D eigenvalue weighted by Gasteiger charge is -2.33. The van der Waals surface area contributed by atoms with Crippen LogP contribution in [-0.2, 0) is 32.6 Å². The number of halogens is 1. The van der Waals surface area contributed by atoms with Gasteiger partial charge >= 0.3 is 0 Å². The first kappa shape index (κ1) is 29.8. The van der Waals surface area contributed by atoms with E-state index in [2.05, 4.69) is 5.32 Å². The summed E-state index contributed by atoms with van der Waals surface area (Å²) in [4.78, 5) is 29.0. The van der Waals surface area contributed by atoms with Crippen molar-refractivity contribution in [2.45, 2.75) is 30.8 Å². The third-order valence-corrected chi connectivity index (χ3v) is 8.87. The van der Waals surface area contributed by atoms with Crippen LogP contribution in [0.1, 0.15) is 16.7 Å². The highest BCUT2D eigenvalue weighted by atomic mass is 35.5. The Morgan fingerprint density at radius 3 is 2.12 bits per heavy atom. The van der Waals surface area contributed by atoms with Gasteiger partial charge in [0, 0.05) is 25.0 Å². The molecule has 41 heavy (non-hydrogen) atoms. The monoisotopic (exact) mass is 589 g/mol. The first-order valence-corrected chi connectivity index (χ1v) is 15.0. The number of carbonyl (C=O) groups is 2. The maximum atomic E-state index is 14.3. The van der Waals surface area contributed by atoms with Crippen molar-refractivity contribution in [1.29, 1.82) is 0 Å². The fraction of sp³-hybridized carbons (Fsp3) is 0.188. The van der Waals surface area contributed by atoms with Gasteiger partial charge in [-0.05, 0) is 53.9 Å². The van der Waals surface area contributed by atoms with Crippen LogP contribution in [0.2, 0.25) is 5.02 Å². The Hall–Kier alpha value is -4.14. The molecular weight excluding hydrogens is 558 g/mol. The van der Waals surface area contributed by atoms with E-state index in [4.69, 9.17) is 11.6 Å². The van der Waals surface area contributed by atoms with Gasteiger partial charge < -0.3 is 10.2 Å². The van der Waals surface area contributed by atoms with Crippen molar-refractivity contribution in [3.63, 3.8) is 0 Å². The molecule has 7 nitrogen and oxygen atoms in total. The van der Waals surface area contributed by atoms with Gasteiger partial charge in [-0.3, -0.25) is 13.9 Å². The fourth-order valence-electron chi connectivity index (χ4n) is 4.56. The van der Waals surface area contributed by atoms with Crippen LogP contribution in [0, 0.1) is 6.92 Å². The summed E-state index contributed by atoms with van der Waals surface area (Å²) in [6, 6.07) is 30.5. The summed E-state index contributed by atoms with van der Waals surface area (Å²) in [5.74, 6) is -0.919. The first-order valence-electron chi connectivity index (χ1n) is 13.1. The van der Waals surface area contributed by atoms with E-state index in [9.17, 15) is 18.0 Å². The lowest BCUT2D eigenvalue weighted by molar-refractivity contribution is -0.139. The standard InChI is InChI=1S/C32H32ClN3O4S/c1-24-12-11-16-27(20-24)36(41(39,40)28-17-7-4-8-18-28)23-31(37)35(22-26-15-9-10-19-29(26)33)30(32(38)34-2)21-25-13-5-3-6-14-25/h3-20,30H,21-23H2,1-2H3,(H,34,38). The van der Waals surface area contributed by atoms with E-state index in [1.807, 2.05) is 43.3 Å². The minimum Gasteiger partial charge on any atom is -0.357 e. The third-order valence-electron chi connectivity index (χ3n) is 6.72. The zero-order chi connectivity index (χ0) is 29.4. The molecule has 0 aliphatic rings. The van der Waals surface area contributed by atoms with Crippen LogP contribution < -0.4 is 9.62 Å². The number of anilines is 1. The summed E-state index contributed by atoms with van der Waals surface area (Å²) in [6.07, 6.45) is 0.229. The Bertz CT molecular complexity index is 1600. The number of aryl methyl sites for hydroxylation is 1. The first-order chi connectivity index (χ1) is 19.7. The van der Waals surface area contributed by atoms with Crippen LogP contribution in [0.15, 0.2) is 114 Å². The summed E-state index contributed by atoms with van der Waals surface area (Å²) in [5, 5.41) is 3.11. The van der Waals surface area contributed by atoms with E-state index < -0.39 is 28.5 Å². The summed E-state index contributed by atoms with van der Waals surface area (Å²) in [7, 11) is -2.62. The molecule has 0 heterocycles. The van der Waals surface area contributed by atoms with Gasteiger partial charge in [0.15, 0.2) is 0 Å². The van der Waals surface area contributed by atoms with Gasteiger partial charge in [0.1, 0.15) is 12.6 Å². The molecule has 0 spiro atoms. The number of sulfonamides is 1. The number of hydrogen-bond acceptors (Lipinski definition) is 4. The van der Waals surface area contributed by atoms with Gasteiger partial charge in [0.2, 0.25) is 11.8 Å². The molecule has 0 aliphatic carbocycles. The smallest absolute Gasteiger partial charge is 0.264 e. The van der Waals surface area contributed by atoms with Gasteiger partial charge in [0.05, 0.1) is 10.6 Å². The average Bonchev–Trinajstić information content (AvgIpc) is 2.99. The van der Waals surface area contributed by atoms with Crippen molar-refractivity contribution in [3.05, 3.63) is 131 Å². The molecule has 1 atom stereocenters. The summed E-state index contributed by atoms with van der Waals surface area (Å²) in [6.45, 7) is 1.34. The topological polar surface area (TPSA) is 86.8 Å². The largest absolute Gasteiger partial charge is 0.357 e. The Balaban J connectivity index is 1.79. The molecule has 9 heteroatoms. The Morgan fingerprint density at radius 2 is 1.49 bits per heavy atom. The van der Waals surface area contributed by atoms with Gasteiger partial charge in [-0.1, -0.05) is 90.5 Å². The Morgan fingerprint density at radius 1 is 0.854 bits per heavy atom. The van der Waals surface area contributed by atoms with Crippen LogP contribution >= 0.6 is 11.6 Å². The van der Waals surface area contributed by atoms with Crippen LogP contribution in [0.4, 0.5) is 5.69 Å². The summed E-state index contributed by atoms with van der Waals surface area (Å²) in [5.41, 5.74) is 2.67. The summed E-state index contributed by atoms with van der Waals surface area (Å²) < 4.78 is 28.9. The molecule has 4 rings (SSSR count). The van der Waals surface area contributed by atoms with Crippen LogP contribution in [0.5, 0.6) is 0 Å².